The Balaban J connectivity index is 1.70. The molecule has 136 valence electrons. The van der Waals surface area contributed by atoms with E-state index in [1.807, 2.05) is 0 Å². The van der Waals surface area contributed by atoms with Gasteiger partial charge in [-0.15, -0.1) is 13.2 Å². The molecule has 2 heterocycles. The summed E-state index contributed by atoms with van der Waals surface area (Å²) in [6.45, 7) is 0.240. The first-order chi connectivity index (χ1) is 11.8. The first kappa shape index (κ1) is 18.1. The Kier molecular flexibility index (Phi) is 4.98. The van der Waals surface area contributed by atoms with Gasteiger partial charge in [0, 0.05) is 19.3 Å². The summed E-state index contributed by atoms with van der Waals surface area (Å²) in [5, 5.41) is 6.97. The molecule has 1 aliphatic rings. The van der Waals surface area contributed by atoms with Gasteiger partial charge in [0.1, 0.15) is 11.4 Å². The Morgan fingerprint density at radius 3 is 2.84 bits per heavy atom. The number of rotatable bonds is 5. The highest BCUT2D eigenvalue weighted by Crippen LogP contribution is 2.30. The molecule has 1 aliphatic carbocycles. The minimum atomic E-state index is -4.66. The largest absolute Gasteiger partial charge is 0.522 e. The topological polar surface area (TPSA) is 77.8 Å². The molecule has 1 amide bonds. The quantitative estimate of drug-likeness (QED) is 0.800. The monoisotopic (exact) mass is 422 g/mol. The zero-order chi connectivity index (χ0) is 18.2. The highest BCUT2D eigenvalue weighted by Gasteiger charge is 2.40. The molecule has 0 aromatic carbocycles. The lowest BCUT2D eigenvalue weighted by Crippen LogP contribution is -2.49. The van der Waals surface area contributed by atoms with Crippen LogP contribution >= 0.6 is 15.9 Å². The van der Waals surface area contributed by atoms with Crippen LogP contribution in [0.5, 0.6) is 0 Å². The van der Waals surface area contributed by atoms with Crippen molar-refractivity contribution in [1.29, 1.82) is 0 Å². The Morgan fingerprint density at radius 2 is 2.20 bits per heavy atom. The molecule has 1 fully saturated rings. The molecule has 3 rings (SSSR count). The number of fused-ring (bicyclic) bond motifs is 1. The first-order valence-corrected chi connectivity index (χ1v) is 8.14. The van der Waals surface area contributed by atoms with E-state index in [1.54, 1.807) is 0 Å². The molecule has 25 heavy (non-hydrogen) atoms. The summed E-state index contributed by atoms with van der Waals surface area (Å²) in [6, 6.07) is 1.11. The predicted molar refractivity (Wildman–Crippen MR) is 82.8 cm³/mol. The summed E-state index contributed by atoms with van der Waals surface area (Å²) >= 11 is 3.37. The highest BCUT2D eigenvalue weighted by molar-refractivity contribution is 9.10. The van der Waals surface area contributed by atoms with Gasteiger partial charge in [0.2, 0.25) is 0 Å². The average molecular weight is 423 g/mol. The number of carbonyl (C=O) groups excluding carboxylic acids is 1. The molecule has 0 unspecified atom stereocenters. The number of nitrogens with one attached hydrogen (secondary N) is 1. The molecule has 7 nitrogen and oxygen atoms in total. The second-order valence-electron chi connectivity index (χ2n) is 5.59. The fraction of sp³-hybridized carbons (Fsp3) is 0.500. The summed E-state index contributed by atoms with van der Waals surface area (Å²) in [5.74, 6) is -0.443. The van der Waals surface area contributed by atoms with Gasteiger partial charge in [0.05, 0.1) is 17.2 Å². The van der Waals surface area contributed by atoms with Gasteiger partial charge < -0.3 is 10.1 Å². The Labute approximate surface area is 148 Å². The minimum absolute atomic E-state index is 0.108. The predicted octanol–water partition coefficient (Wildman–Crippen LogP) is 2.44. The summed E-state index contributed by atoms with van der Waals surface area (Å²) in [5.41, 5.74) is 1.26. The molecule has 0 bridgehead atoms. The fourth-order valence-corrected chi connectivity index (χ4v) is 3.06. The third-order valence-electron chi connectivity index (χ3n) is 3.77. The number of nitrogens with zero attached hydrogens (tertiary/aromatic N) is 3. The number of halogens is 4. The molecule has 11 heteroatoms. The first-order valence-electron chi connectivity index (χ1n) is 7.35. The second kappa shape index (κ2) is 6.89. The summed E-state index contributed by atoms with van der Waals surface area (Å²) in [6.07, 6.45) is -3.90. The molecule has 1 saturated carbocycles. The van der Waals surface area contributed by atoms with Crippen molar-refractivity contribution < 1.29 is 27.4 Å². The maximum absolute atomic E-state index is 12.4. The van der Waals surface area contributed by atoms with Crippen LogP contribution in [-0.4, -0.2) is 46.1 Å². The smallest absolute Gasteiger partial charge is 0.378 e. The normalized spacial score (nSPS) is 20.5. The van der Waals surface area contributed by atoms with Gasteiger partial charge in [-0.25, -0.2) is 9.50 Å². The zero-order valence-electron chi connectivity index (χ0n) is 13.0. The molecule has 0 atom stereocenters. The van der Waals surface area contributed by atoms with Crippen LogP contribution in [0.4, 0.5) is 13.2 Å². The van der Waals surface area contributed by atoms with Crippen LogP contribution in [0.3, 0.4) is 0 Å². The molecule has 0 spiro atoms. The van der Waals surface area contributed by atoms with Gasteiger partial charge in [0.25, 0.3) is 5.91 Å². The molecule has 2 aromatic heterocycles. The van der Waals surface area contributed by atoms with E-state index in [1.165, 1.54) is 23.9 Å². The lowest BCUT2D eigenvalue weighted by Gasteiger charge is -2.35. The maximum atomic E-state index is 12.4. The Hall–Kier alpha value is -1.72. The third kappa shape index (κ3) is 3.93. The van der Waals surface area contributed by atoms with Crippen molar-refractivity contribution >= 4 is 27.5 Å². The molecule has 0 saturated heterocycles. The van der Waals surface area contributed by atoms with Gasteiger partial charge in [-0.05, 0) is 34.8 Å². The van der Waals surface area contributed by atoms with Crippen LogP contribution in [0.1, 0.15) is 29.0 Å². The van der Waals surface area contributed by atoms with E-state index < -0.39 is 18.4 Å². The molecule has 0 radical (unpaired) electrons. The zero-order valence-corrected chi connectivity index (χ0v) is 14.6. The van der Waals surface area contributed by atoms with Crippen molar-refractivity contribution in [2.24, 2.45) is 0 Å². The fourth-order valence-electron chi connectivity index (χ4n) is 2.59. The highest BCUT2D eigenvalue weighted by atomic mass is 79.9. The van der Waals surface area contributed by atoms with Crippen molar-refractivity contribution in [3.63, 3.8) is 0 Å². The minimum Gasteiger partial charge on any atom is -0.378 e. The lowest BCUT2D eigenvalue weighted by molar-refractivity contribution is -0.351. The van der Waals surface area contributed by atoms with Gasteiger partial charge in [0.15, 0.2) is 5.65 Å². The van der Waals surface area contributed by atoms with Crippen LogP contribution in [0.15, 0.2) is 16.7 Å². The van der Waals surface area contributed by atoms with E-state index in [0.29, 0.717) is 15.8 Å². The van der Waals surface area contributed by atoms with Crippen molar-refractivity contribution in [3.8, 4) is 0 Å². The van der Waals surface area contributed by atoms with Crippen molar-refractivity contribution in [2.45, 2.75) is 38.0 Å². The number of methoxy groups -OCH3 is 1. The Morgan fingerprint density at radius 1 is 1.48 bits per heavy atom. The lowest BCUT2D eigenvalue weighted by atomic mass is 9.89. The van der Waals surface area contributed by atoms with E-state index in [4.69, 9.17) is 4.74 Å². The number of hydrogen-bond acceptors (Lipinski definition) is 5. The van der Waals surface area contributed by atoms with Crippen LogP contribution in [-0.2, 0) is 16.1 Å². The van der Waals surface area contributed by atoms with Crippen LogP contribution < -0.4 is 5.32 Å². The SMILES string of the molecule is COCc1nn2c(C(=O)NC3CC(OC(F)(F)F)C3)ccnc2c1Br. The van der Waals surface area contributed by atoms with Crippen molar-refractivity contribution in [1.82, 2.24) is 19.9 Å². The standard InChI is InChI=1S/C14H14BrF3N4O3/c1-24-6-9-11(15)12-19-3-2-10(22(12)21-9)13(23)20-7-4-8(5-7)25-14(16,17)18/h2-3,7-8H,4-6H2,1H3,(H,20,23). The van der Waals surface area contributed by atoms with Crippen molar-refractivity contribution in [3.05, 3.63) is 28.1 Å². The second-order valence-corrected chi connectivity index (χ2v) is 6.38. The number of hydrogen-bond donors (Lipinski definition) is 1. The molecular weight excluding hydrogens is 409 g/mol. The molecular formula is C14H14BrF3N4O3. The third-order valence-corrected chi connectivity index (χ3v) is 4.58. The van der Waals surface area contributed by atoms with Crippen molar-refractivity contribution in [2.75, 3.05) is 7.11 Å². The van der Waals surface area contributed by atoms with Crippen LogP contribution in [0.25, 0.3) is 5.65 Å². The number of amides is 1. The number of alkyl halides is 3. The van der Waals surface area contributed by atoms with E-state index in [0.717, 1.165) is 0 Å². The van der Waals surface area contributed by atoms with Gasteiger partial charge in [-0.1, -0.05) is 0 Å². The van der Waals surface area contributed by atoms with E-state index >= 15 is 0 Å². The molecule has 1 N–H and O–H groups in total. The van der Waals surface area contributed by atoms with Gasteiger partial charge >= 0.3 is 6.36 Å². The summed E-state index contributed by atoms with van der Waals surface area (Å²) < 4.78 is 47.3. The van der Waals surface area contributed by atoms with Crippen LogP contribution in [0.2, 0.25) is 0 Å². The number of aromatic nitrogens is 3. The summed E-state index contributed by atoms with van der Waals surface area (Å²) in [4.78, 5) is 16.6. The van der Waals surface area contributed by atoms with E-state index in [9.17, 15) is 18.0 Å². The number of carbonyl (C=O) groups is 1. The van der Waals surface area contributed by atoms with Gasteiger partial charge in [-0.2, -0.15) is 5.10 Å². The Bertz CT molecular complexity index is 789. The van der Waals surface area contributed by atoms with E-state index in [2.05, 4.69) is 36.1 Å². The van der Waals surface area contributed by atoms with Gasteiger partial charge in [-0.3, -0.25) is 9.53 Å². The van der Waals surface area contributed by atoms with E-state index in [-0.39, 0.29) is 31.2 Å². The van der Waals surface area contributed by atoms with Crippen LogP contribution in [0, 0.1) is 0 Å². The molecule has 0 aliphatic heterocycles. The molecule has 2 aromatic rings. The average Bonchev–Trinajstić information content (AvgIpc) is 2.81. The maximum Gasteiger partial charge on any atom is 0.522 e. The number of ether oxygens (including phenoxy) is 2. The summed E-state index contributed by atoms with van der Waals surface area (Å²) in [7, 11) is 1.52.